The Hall–Kier alpha value is -1.12. The highest BCUT2D eigenvalue weighted by atomic mass is 32.1. The normalized spacial score (nSPS) is 24.2. The van der Waals surface area contributed by atoms with Gasteiger partial charge in [-0.05, 0) is 55.1 Å². The Balaban J connectivity index is 0.000000321. The van der Waals surface area contributed by atoms with Crippen LogP contribution in [0, 0.1) is 11.3 Å². The molecular weight excluding hydrogens is 377 g/mol. The van der Waals surface area contributed by atoms with E-state index in [4.69, 9.17) is 9.90 Å². The lowest BCUT2D eigenvalue weighted by Crippen LogP contribution is -2.45. The van der Waals surface area contributed by atoms with Gasteiger partial charge in [-0.2, -0.15) is 13.2 Å². The van der Waals surface area contributed by atoms with Crippen LogP contribution in [0.25, 0.3) is 0 Å². The summed E-state index contributed by atoms with van der Waals surface area (Å²) in [6.45, 7) is 12.4. The van der Waals surface area contributed by atoms with Crippen LogP contribution in [0.5, 0.6) is 0 Å². The molecule has 2 aliphatic heterocycles. The van der Waals surface area contributed by atoms with E-state index in [9.17, 15) is 13.2 Å². The fraction of sp³-hybridized carbons (Fsp3) is 0.737. The van der Waals surface area contributed by atoms with Crippen molar-refractivity contribution < 1.29 is 23.1 Å². The number of likely N-dealkylation sites (tertiary alicyclic amines) is 2. The standard InChI is InChI=1S/C17H28N2S.C2HF3O2/c1-15(2)11-18-8-4-6-17(13-18)7-9-19(14-17)12-16-5-3-10-20-16;3-2(4,5)1(6)7/h3,5,10,15H,4,6-9,11-14H2,1-2H3;(H,6,7). The van der Waals surface area contributed by atoms with Crippen LogP contribution in [0.15, 0.2) is 17.5 Å². The van der Waals surface area contributed by atoms with Gasteiger partial charge in [-0.15, -0.1) is 11.3 Å². The van der Waals surface area contributed by atoms with Crippen molar-refractivity contribution in [2.45, 2.75) is 45.8 Å². The third kappa shape index (κ3) is 7.08. The van der Waals surface area contributed by atoms with Crippen molar-refractivity contribution in [3.8, 4) is 0 Å². The van der Waals surface area contributed by atoms with E-state index in [1.54, 1.807) is 0 Å². The summed E-state index contributed by atoms with van der Waals surface area (Å²) in [5.74, 6) is -1.96. The number of thiophene rings is 1. The summed E-state index contributed by atoms with van der Waals surface area (Å²) in [5.41, 5.74) is 0.602. The van der Waals surface area contributed by atoms with Crippen LogP contribution >= 0.6 is 11.3 Å². The second-order valence-corrected chi connectivity index (χ2v) is 9.11. The molecule has 0 bridgehead atoms. The second kappa shape index (κ2) is 9.39. The molecule has 154 valence electrons. The highest BCUT2D eigenvalue weighted by Crippen LogP contribution is 2.39. The number of alkyl halides is 3. The highest BCUT2D eigenvalue weighted by Gasteiger charge is 2.41. The predicted octanol–water partition coefficient (Wildman–Crippen LogP) is 4.33. The Bertz CT molecular complexity index is 592. The van der Waals surface area contributed by atoms with Crippen molar-refractivity contribution in [2.24, 2.45) is 11.3 Å². The molecule has 1 unspecified atom stereocenters. The molecule has 2 aliphatic rings. The molecule has 0 amide bonds. The summed E-state index contributed by atoms with van der Waals surface area (Å²) >= 11 is 1.90. The number of piperidine rings is 1. The van der Waals surface area contributed by atoms with Crippen LogP contribution in [-0.4, -0.2) is 59.8 Å². The van der Waals surface area contributed by atoms with Gasteiger partial charge in [0.15, 0.2) is 0 Å². The summed E-state index contributed by atoms with van der Waals surface area (Å²) in [6, 6.07) is 4.46. The minimum Gasteiger partial charge on any atom is -0.475 e. The van der Waals surface area contributed by atoms with Crippen molar-refractivity contribution in [3.05, 3.63) is 22.4 Å². The minimum absolute atomic E-state index is 0.602. The first-order valence-electron chi connectivity index (χ1n) is 9.37. The maximum atomic E-state index is 10.6. The number of aliphatic carboxylic acids is 1. The molecule has 3 heterocycles. The van der Waals surface area contributed by atoms with E-state index in [2.05, 4.69) is 41.2 Å². The highest BCUT2D eigenvalue weighted by molar-refractivity contribution is 7.09. The monoisotopic (exact) mass is 406 g/mol. The van der Waals surface area contributed by atoms with Crippen LogP contribution < -0.4 is 0 Å². The Labute approximate surface area is 163 Å². The van der Waals surface area contributed by atoms with E-state index in [1.165, 1.54) is 63.4 Å². The molecule has 4 nitrogen and oxygen atoms in total. The third-order valence-corrected chi connectivity index (χ3v) is 5.94. The number of carbonyl (C=O) groups is 1. The zero-order chi connectivity index (χ0) is 20.1. The molecule has 0 aromatic carbocycles. The molecule has 3 rings (SSSR count). The molecule has 1 atom stereocenters. The van der Waals surface area contributed by atoms with Crippen LogP contribution in [0.4, 0.5) is 13.2 Å². The van der Waals surface area contributed by atoms with E-state index in [-0.39, 0.29) is 0 Å². The second-order valence-electron chi connectivity index (χ2n) is 8.08. The van der Waals surface area contributed by atoms with Crippen LogP contribution in [0.3, 0.4) is 0 Å². The summed E-state index contributed by atoms with van der Waals surface area (Å²) < 4.78 is 31.7. The number of hydrogen-bond donors (Lipinski definition) is 1. The van der Waals surface area contributed by atoms with Gasteiger partial charge in [-0.3, -0.25) is 4.90 Å². The lowest BCUT2D eigenvalue weighted by atomic mass is 9.79. The van der Waals surface area contributed by atoms with Gasteiger partial charge in [0, 0.05) is 31.1 Å². The number of carboxylic acid groups (broad SMARTS) is 1. The van der Waals surface area contributed by atoms with E-state index in [0.29, 0.717) is 5.41 Å². The smallest absolute Gasteiger partial charge is 0.475 e. The fourth-order valence-electron chi connectivity index (χ4n) is 4.10. The SMILES string of the molecule is CC(C)CN1CCCC2(CCN(Cc3cccs3)C2)C1.O=C(O)C(F)(F)F. The third-order valence-electron chi connectivity index (χ3n) is 5.08. The first-order chi connectivity index (χ1) is 12.6. The molecule has 0 saturated carbocycles. The van der Waals surface area contributed by atoms with E-state index in [1.807, 2.05) is 11.3 Å². The van der Waals surface area contributed by atoms with Crippen molar-refractivity contribution in [1.29, 1.82) is 0 Å². The lowest BCUT2D eigenvalue weighted by Gasteiger charge is -2.41. The molecule has 1 spiro atoms. The van der Waals surface area contributed by atoms with Crippen LogP contribution in [0.2, 0.25) is 0 Å². The van der Waals surface area contributed by atoms with Crippen molar-refractivity contribution in [3.63, 3.8) is 0 Å². The maximum absolute atomic E-state index is 10.6. The number of nitrogens with zero attached hydrogens (tertiary/aromatic N) is 2. The van der Waals surface area contributed by atoms with Gasteiger partial charge in [0.25, 0.3) is 0 Å². The predicted molar refractivity (Wildman–Crippen MR) is 101 cm³/mol. The quantitative estimate of drug-likeness (QED) is 0.809. The summed E-state index contributed by atoms with van der Waals surface area (Å²) in [7, 11) is 0. The zero-order valence-electron chi connectivity index (χ0n) is 16.0. The van der Waals surface area contributed by atoms with Gasteiger partial charge in [0.05, 0.1) is 0 Å². The molecule has 8 heteroatoms. The van der Waals surface area contributed by atoms with Gasteiger partial charge in [0.1, 0.15) is 0 Å². The molecule has 2 fully saturated rings. The molecule has 0 aliphatic carbocycles. The van der Waals surface area contributed by atoms with Crippen molar-refractivity contribution in [1.82, 2.24) is 9.80 Å². The van der Waals surface area contributed by atoms with Crippen LogP contribution in [0.1, 0.15) is 38.0 Å². The van der Waals surface area contributed by atoms with E-state index < -0.39 is 12.1 Å². The van der Waals surface area contributed by atoms with Gasteiger partial charge in [-0.1, -0.05) is 19.9 Å². The first kappa shape index (κ1) is 22.2. The summed E-state index contributed by atoms with van der Waals surface area (Å²) in [4.78, 5) is 15.8. The van der Waals surface area contributed by atoms with Gasteiger partial charge in [0.2, 0.25) is 0 Å². The Kier molecular flexibility index (Phi) is 7.71. The van der Waals surface area contributed by atoms with Crippen molar-refractivity contribution >= 4 is 17.3 Å². The summed E-state index contributed by atoms with van der Waals surface area (Å²) in [6.07, 6.45) is -0.824. The first-order valence-corrected chi connectivity index (χ1v) is 10.2. The Morgan fingerprint density at radius 1 is 1.26 bits per heavy atom. The fourth-order valence-corrected chi connectivity index (χ4v) is 4.85. The largest absolute Gasteiger partial charge is 0.490 e. The number of hydrogen-bond acceptors (Lipinski definition) is 4. The zero-order valence-corrected chi connectivity index (χ0v) is 16.8. The Morgan fingerprint density at radius 2 is 1.93 bits per heavy atom. The molecule has 1 N–H and O–H groups in total. The number of rotatable bonds is 4. The van der Waals surface area contributed by atoms with E-state index in [0.717, 1.165) is 5.92 Å². The number of halogens is 3. The topological polar surface area (TPSA) is 43.8 Å². The number of carboxylic acids is 1. The molecular formula is C19H29F3N2O2S. The Morgan fingerprint density at radius 3 is 2.48 bits per heavy atom. The van der Waals surface area contributed by atoms with Crippen LogP contribution in [-0.2, 0) is 11.3 Å². The molecule has 0 radical (unpaired) electrons. The van der Waals surface area contributed by atoms with E-state index >= 15 is 0 Å². The maximum Gasteiger partial charge on any atom is 0.490 e. The van der Waals surface area contributed by atoms with Crippen molar-refractivity contribution in [2.75, 3.05) is 32.7 Å². The minimum atomic E-state index is -5.08. The summed E-state index contributed by atoms with van der Waals surface area (Å²) in [5, 5.41) is 9.33. The molecule has 27 heavy (non-hydrogen) atoms. The van der Waals surface area contributed by atoms with Gasteiger partial charge >= 0.3 is 12.1 Å². The average molecular weight is 407 g/mol. The molecule has 1 aromatic rings. The average Bonchev–Trinajstić information content (AvgIpc) is 3.17. The lowest BCUT2D eigenvalue weighted by molar-refractivity contribution is -0.192. The molecule has 1 aromatic heterocycles. The van der Waals surface area contributed by atoms with Gasteiger partial charge < -0.3 is 10.0 Å². The van der Waals surface area contributed by atoms with Gasteiger partial charge in [-0.25, -0.2) is 4.79 Å². The molecule has 2 saturated heterocycles.